The van der Waals surface area contributed by atoms with E-state index in [0.29, 0.717) is 0 Å². The third kappa shape index (κ3) is 4.85. The quantitative estimate of drug-likeness (QED) is 0.901. The molecule has 0 aromatic heterocycles. The summed E-state index contributed by atoms with van der Waals surface area (Å²) in [6.45, 7) is 8.62. The molecule has 0 bridgehead atoms. The molecule has 4 nitrogen and oxygen atoms in total. The van der Waals surface area contributed by atoms with Crippen molar-refractivity contribution in [3.8, 4) is 0 Å². The standard InChI is InChI=1S/C16H25NO3/c1-13(16(2,3)4)17(10-11-18)15(19)20-12-14-8-6-5-7-9-14/h5-9,13,18H,10-12H2,1-4H3. The molecule has 0 aliphatic heterocycles. The molecule has 1 N–H and O–H groups in total. The number of benzene rings is 1. The predicted octanol–water partition coefficient (Wildman–Crippen LogP) is 3.05. The van der Waals surface area contributed by atoms with E-state index in [1.54, 1.807) is 4.90 Å². The van der Waals surface area contributed by atoms with Crippen LogP contribution in [0.4, 0.5) is 4.79 Å². The third-order valence-electron chi connectivity index (χ3n) is 3.50. The second-order valence-corrected chi connectivity index (χ2v) is 6.00. The van der Waals surface area contributed by atoms with Crippen molar-refractivity contribution in [1.82, 2.24) is 4.90 Å². The molecule has 0 radical (unpaired) electrons. The van der Waals surface area contributed by atoms with Gasteiger partial charge in [0.15, 0.2) is 0 Å². The average Bonchev–Trinajstić information content (AvgIpc) is 2.41. The molecule has 1 atom stereocenters. The van der Waals surface area contributed by atoms with Crippen LogP contribution in [0.25, 0.3) is 0 Å². The lowest BCUT2D eigenvalue weighted by atomic mass is 9.87. The van der Waals surface area contributed by atoms with Crippen molar-refractivity contribution < 1.29 is 14.6 Å². The number of rotatable bonds is 5. The Morgan fingerprint density at radius 3 is 2.40 bits per heavy atom. The largest absolute Gasteiger partial charge is 0.445 e. The maximum absolute atomic E-state index is 12.2. The second kappa shape index (κ2) is 7.29. The number of hydrogen-bond acceptors (Lipinski definition) is 3. The van der Waals surface area contributed by atoms with Gasteiger partial charge >= 0.3 is 6.09 Å². The van der Waals surface area contributed by atoms with Gasteiger partial charge < -0.3 is 14.7 Å². The molecular formula is C16H25NO3. The van der Waals surface area contributed by atoms with Crippen LogP contribution in [0.2, 0.25) is 0 Å². The first-order chi connectivity index (χ1) is 9.36. The van der Waals surface area contributed by atoms with E-state index in [0.717, 1.165) is 5.56 Å². The summed E-state index contributed by atoms with van der Waals surface area (Å²) in [5.74, 6) is 0. The monoisotopic (exact) mass is 279 g/mol. The van der Waals surface area contributed by atoms with Crippen LogP contribution in [0.1, 0.15) is 33.3 Å². The summed E-state index contributed by atoms with van der Waals surface area (Å²) in [6, 6.07) is 9.55. The van der Waals surface area contributed by atoms with Crippen LogP contribution in [0.5, 0.6) is 0 Å². The van der Waals surface area contributed by atoms with Crippen LogP contribution in [-0.2, 0) is 11.3 Å². The van der Waals surface area contributed by atoms with E-state index in [1.807, 2.05) is 37.3 Å². The van der Waals surface area contributed by atoms with Gasteiger partial charge in [0.1, 0.15) is 6.61 Å². The van der Waals surface area contributed by atoms with Crippen LogP contribution in [0, 0.1) is 5.41 Å². The second-order valence-electron chi connectivity index (χ2n) is 6.00. The molecule has 0 spiro atoms. The van der Waals surface area contributed by atoms with Crippen molar-refractivity contribution in [2.75, 3.05) is 13.2 Å². The van der Waals surface area contributed by atoms with E-state index in [2.05, 4.69) is 20.8 Å². The SMILES string of the molecule is CC(N(CCO)C(=O)OCc1ccccc1)C(C)(C)C. The van der Waals surface area contributed by atoms with Crippen LogP contribution in [0.3, 0.4) is 0 Å². The summed E-state index contributed by atoms with van der Waals surface area (Å²) in [6.07, 6.45) is -0.384. The van der Waals surface area contributed by atoms with Gasteiger partial charge in [0, 0.05) is 12.6 Å². The van der Waals surface area contributed by atoms with Gasteiger partial charge in [0.05, 0.1) is 6.61 Å². The molecule has 0 saturated heterocycles. The van der Waals surface area contributed by atoms with Gasteiger partial charge in [-0.15, -0.1) is 0 Å². The normalized spacial score (nSPS) is 12.8. The van der Waals surface area contributed by atoms with Gasteiger partial charge in [0.25, 0.3) is 0 Å². The molecule has 1 unspecified atom stereocenters. The number of aliphatic hydroxyl groups is 1. The number of carbonyl (C=O) groups excluding carboxylic acids is 1. The van der Waals surface area contributed by atoms with Gasteiger partial charge in [-0.1, -0.05) is 51.1 Å². The van der Waals surface area contributed by atoms with Crippen LogP contribution < -0.4 is 0 Å². The molecule has 1 rings (SSSR count). The van der Waals surface area contributed by atoms with Crippen LogP contribution in [-0.4, -0.2) is 35.3 Å². The smallest absolute Gasteiger partial charge is 0.410 e. The minimum absolute atomic E-state index is 0.0158. The Kier molecular flexibility index (Phi) is 6.02. The van der Waals surface area contributed by atoms with Crippen molar-refractivity contribution in [3.63, 3.8) is 0 Å². The molecule has 1 amide bonds. The molecule has 1 aromatic rings. The number of ether oxygens (including phenoxy) is 1. The predicted molar refractivity (Wildman–Crippen MR) is 79.3 cm³/mol. The lowest BCUT2D eigenvalue weighted by Gasteiger charge is -2.36. The van der Waals surface area contributed by atoms with Crippen molar-refractivity contribution in [2.24, 2.45) is 5.41 Å². The van der Waals surface area contributed by atoms with E-state index >= 15 is 0 Å². The number of carbonyl (C=O) groups is 1. The molecule has 4 heteroatoms. The van der Waals surface area contributed by atoms with Crippen LogP contribution in [0.15, 0.2) is 30.3 Å². The minimum atomic E-state index is -0.384. The molecule has 112 valence electrons. The summed E-state index contributed by atoms with van der Waals surface area (Å²) >= 11 is 0. The summed E-state index contributed by atoms with van der Waals surface area (Å²) in [5, 5.41) is 9.14. The highest BCUT2D eigenvalue weighted by Gasteiger charge is 2.30. The van der Waals surface area contributed by atoms with Gasteiger partial charge in [-0.25, -0.2) is 4.79 Å². The first-order valence-corrected chi connectivity index (χ1v) is 6.94. The number of hydrogen-bond donors (Lipinski definition) is 1. The van der Waals surface area contributed by atoms with E-state index in [9.17, 15) is 4.79 Å². The fraction of sp³-hybridized carbons (Fsp3) is 0.562. The Hall–Kier alpha value is -1.55. The maximum atomic E-state index is 12.2. The summed E-state index contributed by atoms with van der Waals surface area (Å²) < 4.78 is 5.33. The molecular weight excluding hydrogens is 254 g/mol. The molecule has 0 aliphatic carbocycles. The molecule has 20 heavy (non-hydrogen) atoms. The summed E-state index contributed by atoms with van der Waals surface area (Å²) in [7, 11) is 0. The van der Waals surface area contributed by atoms with Crippen molar-refractivity contribution >= 4 is 6.09 Å². The molecule has 1 aromatic carbocycles. The first kappa shape index (κ1) is 16.5. The highest BCUT2D eigenvalue weighted by Crippen LogP contribution is 2.24. The van der Waals surface area contributed by atoms with Gasteiger partial charge in [0.2, 0.25) is 0 Å². The van der Waals surface area contributed by atoms with E-state index in [1.165, 1.54) is 0 Å². The Bertz CT molecular complexity index is 411. The van der Waals surface area contributed by atoms with Gasteiger partial charge in [-0.2, -0.15) is 0 Å². The van der Waals surface area contributed by atoms with Crippen molar-refractivity contribution in [2.45, 2.75) is 40.3 Å². The number of aliphatic hydroxyl groups excluding tert-OH is 1. The zero-order chi connectivity index (χ0) is 15.2. The van der Waals surface area contributed by atoms with Gasteiger partial charge in [-0.05, 0) is 17.9 Å². The van der Waals surface area contributed by atoms with Gasteiger partial charge in [-0.3, -0.25) is 0 Å². The Balaban J connectivity index is 2.65. The Morgan fingerprint density at radius 1 is 1.30 bits per heavy atom. The van der Waals surface area contributed by atoms with Crippen molar-refractivity contribution in [3.05, 3.63) is 35.9 Å². The summed E-state index contributed by atoms with van der Waals surface area (Å²) in [4.78, 5) is 13.8. The number of amides is 1. The molecule has 0 heterocycles. The Morgan fingerprint density at radius 2 is 1.90 bits per heavy atom. The van der Waals surface area contributed by atoms with Crippen LogP contribution >= 0.6 is 0 Å². The van der Waals surface area contributed by atoms with E-state index in [-0.39, 0.29) is 37.3 Å². The van der Waals surface area contributed by atoms with Crippen molar-refractivity contribution in [1.29, 1.82) is 0 Å². The fourth-order valence-electron chi connectivity index (χ4n) is 1.82. The Labute approximate surface area is 121 Å². The molecule has 0 saturated carbocycles. The first-order valence-electron chi connectivity index (χ1n) is 6.94. The highest BCUT2D eigenvalue weighted by molar-refractivity contribution is 5.68. The van der Waals surface area contributed by atoms with E-state index < -0.39 is 0 Å². The average molecular weight is 279 g/mol. The van der Waals surface area contributed by atoms with E-state index in [4.69, 9.17) is 9.84 Å². The molecule has 0 fully saturated rings. The lowest BCUT2D eigenvalue weighted by Crippen LogP contribution is -2.47. The zero-order valence-electron chi connectivity index (χ0n) is 12.8. The highest BCUT2D eigenvalue weighted by atomic mass is 16.6. The minimum Gasteiger partial charge on any atom is -0.445 e. The third-order valence-corrected chi connectivity index (χ3v) is 3.50. The zero-order valence-corrected chi connectivity index (χ0v) is 12.8. The molecule has 0 aliphatic rings. The summed E-state index contributed by atoms with van der Waals surface area (Å²) in [5.41, 5.74) is 0.884. The lowest BCUT2D eigenvalue weighted by molar-refractivity contribution is 0.0493. The fourth-order valence-corrected chi connectivity index (χ4v) is 1.82. The maximum Gasteiger partial charge on any atom is 0.410 e. The topological polar surface area (TPSA) is 49.8 Å². The number of nitrogens with zero attached hydrogens (tertiary/aromatic N) is 1.